The molecule has 0 fully saturated rings. The third-order valence-corrected chi connectivity index (χ3v) is 4.40. The molecular formula is C20H30ClN3O. The Morgan fingerprint density at radius 3 is 2.64 bits per heavy atom. The van der Waals surface area contributed by atoms with Gasteiger partial charge < -0.3 is 22.1 Å². The summed E-state index contributed by atoms with van der Waals surface area (Å²) >= 11 is 0. The Hall–Kier alpha value is -1.65. The number of hydrogen-bond acceptors (Lipinski definition) is 3. The van der Waals surface area contributed by atoms with Gasteiger partial charge in [-0.2, -0.15) is 0 Å². The van der Waals surface area contributed by atoms with Crippen molar-refractivity contribution < 1.29 is 22.1 Å². The molecule has 0 spiro atoms. The molecule has 0 aliphatic carbocycles. The van der Waals surface area contributed by atoms with E-state index < -0.39 is 0 Å². The highest BCUT2D eigenvalue weighted by Gasteiger charge is 2.05. The topological polar surface area (TPSA) is 38.9 Å². The number of halogens is 1. The number of aromatic nitrogens is 1. The Morgan fingerprint density at radius 1 is 1.16 bits per heavy atom. The van der Waals surface area contributed by atoms with Gasteiger partial charge in [0.1, 0.15) is 6.54 Å². The van der Waals surface area contributed by atoms with Crippen molar-refractivity contribution in [2.75, 3.05) is 26.2 Å². The molecule has 2 aromatic rings. The van der Waals surface area contributed by atoms with Crippen LogP contribution in [0.3, 0.4) is 0 Å². The van der Waals surface area contributed by atoms with Crippen molar-refractivity contribution >= 4 is 17.1 Å². The molecule has 0 amide bonds. The quantitative estimate of drug-likeness (QED) is 0.362. The Bertz CT molecular complexity index is 656. The van der Waals surface area contributed by atoms with Gasteiger partial charge in [0.25, 0.3) is 0 Å². The molecule has 0 saturated heterocycles. The molecule has 0 bridgehead atoms. The summed E-state index contributed by atoms with van der Waals surface area (Å²) in [6, 6.07) is 10.4. The third kappa shape index (κ3) is 6.63. The summed E-state index contributed by atoms with van der Waals surface area (Å²) in [6.07, 6.45) is 5.17. The second kappa shape index (κ2) is 11.8. The van der Waals surface area contributed by atoms with Gasteiger partial charge in [0.15, 0.2) is 6.61 Å². The summed E-state index contributed by atoms with van der Waals surface area (Å²) in [7, 11) is 0. The number of nitrogens with zero attached hydrogens (tertiary/aromatic N) is 2. The highest BCUT2D eigenvalue weighted by molar-refractivity contribution is 5.98. The number of hydrogen-bond donors (Lipinski definition) is 1. The van der Waals surface area contributed by atoms with Crippen LogP contribution in [0.5, 0.6) is 0 Å². The van der Waals surface area contributed by atoms with Crippen molar-refractivity contribution in [1.29, 1.82) is 0 Å². The molecule has 0 atom stereocenters. The number of para-hydroxylation sites is 1. The maximum absolute atomic E-state index is 5.47. The molecule has 1 aromatic heterocycles. The van der Waals surface area contributed by atoms with Crippen LogP contribution in [0.1, 0.15) is 44.9 Å². The summed E-state index contributed by atoms with van der Waals surface area (Å²) in [6.45, 7) is 10.5. The van der Waals surface area contributed by atoms with E-state index >= 15 is 0 Å². The first-order valence-corrected chi connectivity index (χ1v) is 9.16. The van der Waals surface area contributed by atoms with Gasteiger partial charge in [0.05, 0.1) is 24.8 Å². The highest BCUT2D eigenvalue weighted by Crippen LogP contribution is 2.18. The van der Waals surface area contributed by atoms with Crippen LogP contribution in [0.2, 0.25) is 0 Å². The molecule has 0 aliphatic heterocycles. The van der Waals surface area contributed by atoms with Gasteiger partial charge in [-0.15, -0.1) is 0 Å². The van der Waals surface area contributed by atoms with Crippen molar-refractivity contribution in [3.8, 4) is 0 Å². The molecule has 1 aromatic carbocycles. The predicted molar refractivity (Wildman–Crippen MR) is 101 cm³/mol. The molecule has 5 heteroatoms. The van der Waals surface area contributed by atoms with Crippen molar-refractivity contribution in [2.24, 2.45) is 5.16 Å². The van der Waals surface area contributed by atoms with Crippen LogP contribution < -0.4 is 17.3 Å². The average molecular weight is 364 g/mol. The summed E-state index contributed by atoms with van der Waals surface area (Å²) in [5.41, 5.74) is 3.24. The lowest BCUT2D eigenvalue weighted by atomic mass is 10.1. The second-order valence-electron chi connectivity index (χ2n) is 6.10. The number of likely N-dealkylation sites (N-methyl/N-ethyl adjacent to an activating group) is 1. The number of nitrogens with one attached hydrogen (secondary N) is 1. The van der Waals surface area contributed by atoms with E-state index in [1.807, 2.05) is 18.3 Å². The van der Waals surface area contributed by atoms with Crippen LogP contribution in [-0.2, 0) is 11.3 Å². The normalized spacial score (nSPS) is 11.2. The van der Waals surface area contributed by atoms with E-state index in [9.17, 15) is 0 Å². The van der Waals surface area contributed by atoms with E-state index in [1.54, 1.807) is 0 Å². The van der Waals surface area contributed by atoms with Gasteiger partial charge in [-0.05, 0) is 38.8 Å². The predicted octanol–water partition coefficient (Wildman–Crippen LogP) is -0.143. The van der Waals surface area contributed by atoms with Gasteiger partial charge in [-0.25, -0.2) is 0 Å². The van der Waals surface area contributed by atoms with E-state index in [0.717, 1.165) is 54.6 Å². The summed E-state index contributed by atoms with van der Waals surface area (Å²) in [4.78, 5) is 11.8. The zero-order chi connectivity index (χ0) is 17.2. The summed E-state index contributed by atoms with van der Waals surface area (Å²) in [5, 5.41) is 5.31. The maximum Gasteiger partial charge on any atom is 0.165 e. The van der Waals surface area contributed by atoms with Crippen molar-refractivity contribution in [1.82, 2.24) is 4.98 Å². The molecule has 0 aliphatic rings. The van der Waals surface area contributed by atoms with Crippen LogP contribution in [0.4, 0.5) is 0 Å². The standard InChI is InChI=1S/C20H29N3O.ClH/c1-4-7-10-18-15-17(19-11-8-9-12-20(19)22-18)16-21-24-14-13-23(5-2)6-3;/h8-9,11-12,15-16H,4-7,10,13-14H2,1-3H3;1H/b21-16+;. The van der Waals surface area contributed by atoms with E-state index in [0.29, 0.717) is 6.61 Å². The minimum Gasteiger partial charge on any atom is -1.00 e. The Labute approximate surface area is 157 Å². The smallest absolute Gasteiger partial charge is 0.165 e. The molecule has 138 valence electrons. The molecular weight excluding hydrogens is 334 g/mol. The average Bonchev–Trinajstić information content (AvgIpc) is 2.62. The molecule has 1 N–H and O–H groups in total. The van der Waals surface area contributed by atoms with Crippen LogP contribution >= 0.6 is 0 Å². The molecule has 25 heavy (non-hydrogen) atoms. The first kappa shape index (κ1) is 21.4. The van der Waals surface area contributed by atoms with E-state index in [4.69, 9.17) is 9.82 Å². The zero-order valence-corrected chi connectivity index (χ0v) is 16.4. The molecule has 2 rings (SSSR count). The minimum atomic E-state index is 0. The van der Waals surface area contributed by atoms with E-state index in [-0.39, 0.29) is 12.4 Å². The fourth-order valence-corrected chi connectivity index (χ4v) is 2.79. The molecule has 0 radical (unpaired) electrons. The van der Waals surface area contributed by atoms with Crippen LogP contribution in [-0.4, -0.2) is 37.4 Å². The van der Waals surface area contributed by atoms with Gasteiger partial charge in [-0.3, -0.25) is 4.98 Å². The molecule has 0 saturated carbocycles. The number of quaternary nitrogens is 1. The number of aryl methyl sites for hydroxylation is 1. The number of pyridine rings is 1. The van der Waals surface area contributed by atoms with Crippen LogP contribution in [0.15, 0.2) is 35.5 Å². The Kier molecular flexibility index (Phi) is 10.1. The second-order valence-corrected chi connectivity index (χ2v) is 6.10. The monoisotopic (exact) mass is 363 g/mol. The number of oxime groups is 1. The lowest BCUT2D eigenvalue weighted by Crippen LogP contribution is -3.11. The van der Waals surface area contributed by atoms with Crippen LogP contribution in [0, 0.1) is 0 Å². The van der Waals surface area contributed by atoms with Gasteiger partial charge in [0.2, 0.25) is 0 Å². The lowest BCUT2D eigenvalue weighted by Gasteiger charge is -2.13. The summed E-state index contributed by atoms with van der Waals surface area (Å²) < 4.78 is 0. The Morgan fingerprint density at radius 2 is 1.92 bits per heavy atom. The molecule has 0 unspecified atom stereocenters. The van der Waals surface area contributed by atoms with Crippen molar-refractivity contribution in [3.05, 3.63) is 41.6 Å². The zero-order valence-electron chi connectivity index (χ0n) is 15.6. The fraction of sp³-hybridized carbons (Fsp3) is 0.500. The number of rotatable bonds is 10. The largest absolute Gasteiger partial charge is 1.00 e. The number of benzene rings is 1. The first-order chi connectivity index (χ1) is 11.8. The lowest BCUT2D eigenvalue weighted by molar-refractivity contribution is -0.896. The first-order valence-electron chi connectivity index (χ1n) is 9.16. The fourth-order valence-electron chi connectivity index (χ4n) is 2.79. The van der Waals surface area contributed by atoms with Crippen LogP contribution in [0.25, 0.3) is 10.9 Å². The van der Waals surface area contributed by atoms with Crippen molar-refractivity contribution in [2.45, 2.75) is 40.0 Å². The van der Waals surface area contributed by atoms with Gasteiger partial charge in [-0.1, -0.05) is 36.7 Å². The minimum absolute atomic E-state index is 0. The number of fused-ring (bicyclic) bond motifs is 1. The SMILES string of the molecule is CCCCc1cc(/C=N/OCC[NH+](CC)CC)c2ccccc2n1.[Cl-]. The number of unbranched alkanes of at least 4 members (excludes halogenated alkanes) is 1. The van der Waals surface area contributed by atoms with Gasteiger partial charge in [0, 0.05) is 16.6 Å². The Balaban J connectivity index is 0.00000312. The van der Waals surface area contributed by atoms with Gasteiger partial charge >= 0.3 is 0 Å². The van der Waals surface area contributed by atoms with Crippen molar-refractivity contribution in [3.63, 3.8) is 0 Å². The molecule has 1 heterocycles. The molecule has 4 nitrogen and oxygen atoms in total. The maximum atomic E-state index is 5.47. The third-order valence-electron chi connectivity index (χ3n) is 4.40. The van der Waals surface area contributed by atoms with E-state index in [2.05, 4.69) is 44.1 Å². The summed E-state index contributed by atoms with van der Waals surface area (Å²) in [5.74, 6) is 0. The highest BCUT2D eigenvalue weighted by atomic mass is 35.5. The van der Waals surface area contributed by atoms with E-state index in [1.165, 1.54) is 11.3 Å².